The van der Waals surface area contributed by atoms with Gasteiger partial charge in [0.05, 0.1) is 0 Å². The number of hydrogen-bond acceptors (Lipinski definition) is 2. The van der Waals surface area contributed by atoms with E-state index in [4.69, 9.17) is 5.11 Å². The molecule has 1 aromatic carbocycles. The first-order chi connectivity index (χ1) is 7.69. The molecule has 1 unspecified atom stereocenters. The average Bonchev–Trinajstić information content (AvgIpc) is 2.28. The fourth-order valence-corrected chi connectivity index (χ4v) is 1.69. The zero-order valence-electron chi connectivity index (χ0n) is 9.86. The van der Waals surface area contributed by atoms with Crippen LogP contribution in [0.25, 0.3) is 0 Å². The van der Waals surface area contributed by atoms with E-state index in [1.165, 1.54) is 18.4 Å². The Morgan fingerprint density at radius 1 is 1.38 bits per heavy atom. The molecule has 0 aromatic heterocycles. The van der Waals surface area contributed by atoms with Crippen molar-refractivity contribution >= 4 is 5.97 Å². The molecule has 1 rings (SSSR count). The highest BCUT2D eigenvalue weighted by atomic mass is 16.4. The SMILES string of the molecule is CCCCc1ccc(C(NC)C(=O)O)cc1. The van der Waals surface area contributed by atoms with E-state index >= 15 is 0 Å². The standard InChI is InChI=1S/C13H19NO2/c1-3-4-5-10-6-8-11(9-7-10)12(14-2)13(15)16/h6-9,12,14H,3-5H2,1-2H3,(H,15,16). The minimum Gasteiger partial charge on any atom is -0.480 e. The second-order valence-electron chi connectivity index (χ2n) is 3.91. The van der Waals surface area contributed by atoms with Crippen LogP contribution >= 0.6 is 0 Å². The van der Waals surface area contributed by atoms with Gasteiger partial charge in [0, 0.05) is 0 Å². The topological polar surface area (TPSA) is 49.3 Å². The zero-order valence-corrected chi connectivity index (χ0v) is 9.86. The summed E-state index contributed by atoms with van der Waals surface area (Å²) in [4.78, 5) is 10.9. The Hall–Kier alpha value is -1.35. The normalized spacial score (nSPS) is 12.4. The summed E-state index contributed by atoms with van der Waals surface area (Å²) < 4.78 is 0. The number of rotatable bonds is 6. The second-order valence-corrected chi connectivity index (χ2v) is 3.91. The molecule has 0 amide bonds. The molecule has 1 aromatic rings. The van der Waals surface area contributed by atoms with Crippen LogP contribution in [0.2, 0.25) is 0 Å². The van der Waals surface area contributed by atoms with Gasteiger partial charge in [-0.15, -0.1) is 0 Å². The molecule has 0 saturated carbocycles. The van der Waals surface area contributed by atoms with Gasteiger partial charge in [-0.3, -0.25) is 4.79 Å². The molecule has 16 heavy (non-hydrogen) atoms. The third kappa shape index (κ3) is 3.35. The first-order valence-corrected chi connectivity index (χ1v) is 5.68. The lowest BCUT2D eigenvalue weighted by atomic mass is 10.0. The van der Waals surface area contributed by atoms with Crippen molar-refractivity contribution in [1.82, 2.24) is 5.32 Å². The van der Waals surface area contributed by atoms with Gasteiger partial charge >= 0.3 is 5.97 Å². The van der Waals surface area contributed by atoms with Crippen molar-refractivity contribution in [3.63, 3.8) is 0 Å². The molecule has 88 valence electrons. The van der Waals surface area contributed by atoms with E-state index in [2.05, 4.69) is 12.2 Å². The van der Waals surface area contributed by atoms with Crippen molar-refractivity contribution in [1.29, 1.82) is 0 Å². The first-order valence-electron chi connectivity index (χ1n) is 5.68. The van der Waals surface area contributed by atoms with E-state index in [0.717, 1.165) is 12.0 Å². The van der Waals surface area contributed by atoms with Gasteiger partial charge in [0.1, 0.15) is 6.04 Å². The molecule has 1 atom stereocenters. The number of benzene rings is 1. The number of carboxylic acid groups (broad SMARTS) is 1. The summed E-state index contributed by atoms with van der Waals surface area (Å²) in [5, 5.41) is 11.8. The fourth-order valence-electron chi connectivity index (χ4n) is 1.69. The van der Waals surface area contributed by atoms with Crippen LogP contribution in [0.4, 0.5) is 0 Å². The van der Waals surface area contributed by atoms with Crippen molar-refractivity contribution in [2.24, 2.45) is 0 Å². The lowest BCUT2D eigenvalue weighted by Crippen LogP contribution is -2.24. The van der Waals surface area contributed by atoms with Crippen LogP contribution in [0.15, 0.2) is 24.3 Å². The van der Waals surface area contributed by atoms with Crippen LogP contribution in [0.1, 0.15) is 36.9 Å². The molecule has 0 saturated heterocycles. The summed E-state index contributed by atoms with van der Waals surface area (Å²) in [6.07, 6.45) is 3.41. The summed E-state index contributed by atoms with van der Waals surface area (Å²) >= 11 is 0. The summed E-state index contributed by atoms with van der Waals surface area (Å²) in [7, 11) is 1.66. The molecule has 0 aliphatic rings. The average molecular weight is 221 g/mol. The molecule has 3 nitrogen and oxygen atoms in total. The summed E-state index contributed by atoms with van der Waals surface area (Å²) in [6.45, 7) is 2.16. The fraction of sp³-hybridized carbons (Fsp3) is 0.462. The molecule has 0 heterocycles. The molecule has 0 aliphatic carbocycles. The minimum absolute atomic E-state index is 0.611. The van der Waals surface area contributed by atoms with Crippen LogP contribution in [-0.2, 0) is 11.2 Å². The number of hydrogen-bond donors (Lipinski definition) is 2. The number of aryl methyl sites for hydroxylation is 1. The van der Waals surface area contributed by atoms with E-state index in [1.807, 2.05) is 24.3 Å². The van der Waals surface area contributed by atoms with Crippen LogP contribution in [0.3, 0.4) is 0 Å². The van der Waals surface area contributed by atoms with Gasteiger partial charge in [0.2, 0.25) is 0 Å². The number of likely N-dealkylation sites (N-methyl/N-ethyl adjacent to an activating group) is 1. The smallest absolute Gasteiger partial charge is 0.325 e. The Morgan fingerprint density at radius 3 is 2.44 bits per heavy atom. The highest BCUT2D eigenvalue weighted by Crippen LogP contribution is 2.15. The van der Waals surface area contributed by atoms with Gasteiger partial charge < -0.3 is 10.4 Å². The van der Waals surface area contributed by atoms with Gasteiger partial charge in [-0.1, -0.05) is 37.6 Å². The second kappa shape index (κ2) is 6.28. The third-order valence-electron chi connectivity index (χ3n) is 2.67. The predicted octanol–water partition coefficient (Wildman–Crippen LogP) is 2.37. The number of aliphatic carboxylic acids is 1. The molecule has 3 heteroatoms. The monoisotopic (exact) mass is 221 g/mol. The minimum atomic E-state index is -0.844. The molecule has 2 N–H and O–H groups in total. The van der Waals surface area contributed by atoms with Crippen molar-refractivity contribution < 1.29 is 9.90 Å². The van der Waals surface area contributed by atoms with Crippen LogP contribution in [0.5, 0.6) is 0 Å². The van der Waals surface area contributed by atoms with Gasteiger partial charge in [-0.05, 0) is 31.0 Å². The number of nitrogens with one attached hydrogen (secondary N) is 1. The summed E-state index contributed by atoms with van der Waals surface area (Å²) in [6, 6.07) is 7.19. The molecular formula is C13H19NO2. The van der Waals surface area contributed by atoms with E-state index in [0.29, 0.717) is 0 Å². The van der Waals surface area contributed by atoms with Crippen molar-refractivity contribution in [2.75, 3.05) is 7.05 Å². The van der Waals surface area contributed by atoms with Gasteiger partial charge in [0.25, 0.3) is 0 Å². The lowest BCUT2D eigenvalue weighted by Gasteiger charge is -2.11. The Morgan fingerprint density at radius 2 is 2.00 bits per heavy atom. The lowest BCUT2D eigenvalue weighted by molar-refractivity contribution is -0.139. The molecule has 0 fully saturated rings. The summed E-state index contributed by atoms with van der Waals surface area (Å²) in [5.41, 5.74) is 2.07. The molecule has 0 bridgehead atoms. The van der Waals surface area contributed by atoms with Crippen LogP contribution < -0.4 is 5.32 Å². The Bertz CT molecular complexity index is 332. The van der Waals surface area contributed by atoms with Crippen LogP contribution in [0, 0.1) is 0 Å². The van der Waals surface area contributed by atoms with Crippen molar-refractivity contribution in [3.05, 3.63) is 35.4 Å². The van der Waals surface area contributed by atoms with Crippen LogP contribution in [-0.4, -0.2) is 18.1 Å². The number of carbonyl (C=O) groups is 1. The quantitative estimate of drug-likeness (QED) is 0.775. The van der Waals surface area contributed by atoms with Crippen molar-refractivity contribution in [2.45, 2.75) is 32.2 Å². The van der Waals surface area contributed by atoms with Gasteiger partial charge in [0.15, 0.2) is 0 Å². The van der Waals surface area contributed by atoms with E-state index in [9.17, 15) is 4.79 Å². The van der Waals surface area contributed by atoms with E-state index in [1.54, 1.807) is 7.05 Å². The largest absolute Gasteiger partial charge is 0.480 e. The van der Waals surface area contributed by atoms with Gasteiger partial charge in [-0.2, -0.15) is 0 Å². The molecular weight excluding hydrogens is 202 g/mol. The van der Waals surface area contributed by atoms with E-state index < -0.39 is 12.0 Å². The maximum Gasteiger partial charge on any atom is 0.325 e. The maximum atomic E-state index is 10.9. The van der Waals surface area contributed by atoms with E-state index in [-0.39, 0.29) is 0 Å². The molecule has 0 spiro atoms. The number of carboxylic acids is 1. The highest BCUT2D eigenvalue weighted by molar-refractivity contribution is 5.75. The van der Waals surface area contributed by atoms with Crippen molar-refractivity contribution in [3.8, 4) is 0 Å². The molecule has 0 radical (unpaired) electrons. The Balaban J connectivity index is 2.73. The Labute approximate surface area is 96.5 Å². The molecule has 0 aliphatic heterocycles. The maximum absolute atomic E-state index is 10.9. The highest BCUT2D eigenvalue weighted by Gasteiger charge is 2.16. The first kappa shape index (κ1) is 12.7. The predicted molar refractivity (Wildman–Crippen MR) is 64.5 cm³/mol. The summed E-state index contributed by atoms with van der Waals surface area (Å²) in [5.74, 6) is -0.844. The van der Waals surface area contributed by atoms with Gasteiger partial charge in [-0.25, -0.2) is 0 Å². The Kier molecular flexibility index (Phi) is 4.99. The third-order valence-corrected chi connectivity index (χ3v) is 2.67. The number of unbranched alkanes of at least 4 members (excludes halogenated alkanes) is 1. The zero-order chi connectivity index (χ0) is 12.0.